The standard InChI is InChI=1S/C10H19NO5.ClH/c1-11(2,3)7-10(15,5-9(13)14)8(12)6-16-4;/h15H,5-7H2,1-4H3;1H. The number of halogens is 1. The number of likely N-dealkylation sites (N-methyl/N-ethyl adjacent to an activating group) is 1. The summed E-state index contributed by atoms with van der Waals surface area (Å²) in [7, 11) is 6.56. The van der Waals surface area contributed by atoms with Crippen molar-refractivity contribution in [2.24, 2.45) is 0 Å². The van der Waals surface area contributed by atoms with Gasteiger partial charge in [0.1, 0.15) is 13.2 Å². The number of quaternary nitrogens is 1. The number of Topliss-reactive ketones (excluding diaryl/α,β-unsaturated/α-hetero) is 1. The number of rotatable bonds is 7. The molecule has 0 aromatic heterocycles. The van der Waals surface area contributed by atoms with Crippen molar-refractivity contribution in [2.75, 3.05) is 41.4 Å². The molecule has 0 aromatic rings. The maximum absolute atomic E-state index is 11.6. The van der Waals surface area contributed by atoms with Gasteiger partial charge in [-0.15, -0.1) is 12.4 Å². The summed E-state index contributed by atoms with van der Waals surface area (Å²) in [5.41, 5.74) is -1.94. The molecule has 0 amide bonds. The summed E-state index contributed by atoms with van der Waals surface area (Å²) in [6, 6.07) is 0. The van der Waals surface area contributed by atoms with Gasteiger partial charge in [0.2, 0.25) is 0 Å². The molecule has 0 saturated heterocycles. The third-order valence-corrected chi connectivity index (χ3v) is 1.97. The van der Waals surface area contributed by atoms with E-state index in [2.05, 4.69) is 4.74 Å². The molecule has 17 heavy (non-hydrogen) atoms. The van der Waals surface area contributed by atoms with Crippen molar-refractivity contribution in [3.05, 3.63) is 0 Å². The molecule has 0 bridgehead atoms. The van der Waals surface area contributed by atoms with Gasteiger partial charge in [-0.1, -0.05) is 0 Å². The fourth-order valence-corrected chi connectivity index (χ4v) is 1.53. The van der Waals surface area contributed by atoms with Crippen molar-refractivity contribution < 1.29 is 29.0 Å². The molecule has 0 radical (unpaired) electrons. The van der Waals surface area contributed by atoms with Crippen molar-refractivity contribution in [1.82, 2.24) is 0 Å². The van der Waals surface area contributed by atoms with E-state index < -0.39 is 23.8 Å². The van der Waals surface area contributed by atoms with Gasteiger partial charge in [-0.25, -0.2) is 0 Å². The van der Waals surface area contributed by atoms with E-state index in [1.807, 2.05) is 0 Å². The van der Waals surface area contributed by atoms with Crippen molar-refractivity contribution in [3.63, 3.8) is 0 Å². The van der Waals surface area contributed by atoms with Gasteiger partial charge in [0.15, 0.2) is 11.4 Å². The molecule has 0 aliphatic rings. The van der Waals surface area contributed by atoms with Crippen molar-refractivity contribution in [3.8, 4) is 0 Å². The minimum Gasteiger partial charge on any atom is -0.550 e. The van der Waals surface area contributed by atoms with Gasteiger partial charge in [-0.05, 0) is 0 Å². The van der Waals surface area contributed by atoms with Gasteiger partial charge in [0.05, 0.1) is 21.1 Å². The van der Waals surface area contributed by atoms with E-state index in [-0.39, 0.29) is 30.0 Å². The van der Waals surface area contributed by atoms with Crippen LogP contribution in [-0.2, 0) is 14.3 Å². The van der Waals surface area contributed by atoms with E-state index in [0.717, 1.165) is 0 Å². The van der Waals surface area contributed by atoms with Crippen LogP contribution in [0.5, 0.6) is 0 Å². The van der Waals surface area contributed by atoms with Crippen molar-refractivity contribution >= 4 is 24.2 Å². The topological polar surface area (TPSA) is 86.7 Å². The zero-order chi connectivity index (χ0) is 13.0. The summed E-state index contributed by atoms with van der Waals surface area (Å²) in [5.74, 6) is -2.10. The number of nitrogens with zero attached hydrogens (tertiary/aromatic N) is 1. The Morgan fingerprint density at radius 1 is 1.35 bits per heavy atom. The highest BCUT2D eigenvalue weighted by Crippen LogP contribution is 2.15. The monoisotopic (exact) mass is 269 g/mol. The quantitative estimate of drug-likeness (QED) is 0.551. The third-order valence-electron chi connectivity index (χ3n) is 1.97. The van der Waals surface area contributed by atoms with Crippen LogP contribution in [0.15, 0.2) is 0 Å². The first-order valence-corrected chi connectivity index (χ1v) is 4.85. The lowest BCUT2D eigenvalue weighted by Gasteiger charge is -2.34. The normalized spacial score (nSPS) is 14.6. The van der Waals surface area contributed by atoms with Crippen LogP contribution in [0, 0.1) is 0 Å². The molecule has 0 aromatic carbocycles. The highest BCUT2D eigenvalue weighted by Gasteiger charge is 2.40. The molecule has 0 aliphatic heterocycles. The van der Waals surface area contributed by atoms with E-state index in [4.69, 9.17) is 0 Å². The average Bonchev–Trinajstić information content (AvgIpc) is 1.98. The fourth-order valence-electron chi connectivity index (χ4n) is 1.53. The van der Waals surface area contributed by atoms with E-state index in [1.54, 1.807) is 21.1 Å². The smallest absolute Gasteiger partial charge is 0.196 e. The van der Waals surface area contributed by atoms with Gasteiger partial charge in [-0.2, -0.15) is 0 Å². The Morgan fingerprint density at radius 3 is 2.12 bits per heavy atom. The Bertz CT molecular complexity index is 276. The fraction of sp³-hybridized carbons (Fsp3) is 0.800. The SMILES string of the molecule is COCC(=O)C(O)(CC(=O)[O-])C[N+](C)(C)C.Cl. The molecule has 7 heteroatoms. The minimum atomic E-state index is -1.94. The van der Waals surface area contributed by atoms with Crippen LogP contribution < -0.4 is 5.11 Å². The first-order chi connectivity index (χ1) is 7.10. The Labute approximate surface area is 107 Å². The summed E-state index contributed by atoms with van der Waals surface area (Å²) in [6.07, 6.45) is -0.718. The molecule has 102 valence electrons. The van der Waals surface area contributed by atoms with E-state index >= 15 is 0 Å². The van der Waals surface area contributed by atoms with Gasteiger partial charge in [0.25, 0.3) is 0 Å². The molecule has 0 spiro atoms. The number of carbonyl (C=O) groups excluding carboxylic acids is 2. The molecule has 0 aliphatic carbocycles. The molecule has 0 saturated carbocycles. The largest absolute Gasteiger partial charge is 0.550 e. The molecule has 1 unspecified atom stereocenters. The summed E-state index contributed by atoms with van der Waals surface area (Å²) in [6.45, 7) is -0.326. The van der Waals surface area contributed by atoms with E-state index in [9.17, 15) is 19.8 Å². The number of carboxylic acid groups (broad SMARTS) is 1. The van der Waals surface area contributed by atoms with Gasteiger partial charge < -0.3 is 24.2 Å². The molecule has 1 atom stereocenters. The predicted molar refractivity (Wildman–Crippen MR) is 61.6 cm³/mol. The minimum absolute atomic E-state index is 0. The van der Waals surface area contributed by atoms with E-state index in [0.29, 0.717) is 0 Å². The Kier molecular flexibility index (Phi) is 7.58. The van der Waals surface area contributed by atoms with Crippen LogP contribution in [0.2, 0.25) is 0 Å². The van der Waals surface area contributed by atoms with Crippen LogP contribution in [0.25, 0.3) is 0 Å². The van der Waals surface area contributed by atoms with Crippen LogP contribution >= 0.6 is 12.4 Å². The number of methoxy groups -OCH3 is 1. The number of carbonyl (C=O) groups is 2. The first-order valence-electron chi connectivity index (χ1n) is 4.85. The lowest BCUT2D eigenvalue weighted by molar-refractivity contribution is -0.875. The summed E-state index contributed by atoms with van der Waals surface area (Å²) < 4.78 is 4.88. The van der Waals surface area contributed by atoms with Gasteiger partial charge in [-0.3, -0.25) is 4.79 Å². The molecule has 6 nitrogen and oxygen atoms in total. The number of aliphatic hydroxyl groups is 1. The lowest BCUT2D eigenvalue weighted by atomic mass is 9.93. The summed E-state index contributed by atoms with van der Waals surface area (Å²) >= 11 is 0. The van der Waals surface area contributed by atoms with Crippen LogP contribution in [0.1, 0.15) is 6.42 Å². The molecule has 0 rings (SSSR count). The summed E-state index contributed by atoms with van der Waals surface area (Å²) in [4.78, 5) is 22.1. The first kappa shape index (κ1) is 18.7. The van der Waals surface area contributed by atoms with Crippen molar-refractivity contribution in [1.29, 1.82) is 0 Å². The van der Waals surface area contributed by atoms with Crippen molar-refractivity contribution in [2.45, 2.75) is 12.0 Å². The molecule has 0 fully saturated rings. The number of hydrogen-bond acceptors (Lipinski definition) is 5. The second kappa shape index (κ2) is 6.90. The van der Waals surface area contributed by atoms with Gasteiger partial charge in [0, 0.05) is 19.5 Å². The molecule has 1 N–H and O–H groups in total. The Morgan fingerprint density at radius 2 is 1.82 bits per heavy atom. The number of carboxylic acids is 1. The number of hydrogen-bond donors (Lipinski definition) is 1. The van der Waals surface area contributed by atoms with Crippen LogP contribution in [-0.4, -0.2) is 68.3 Å². The van der Waals surface area contributed by atoms with Crippen LogP contribution in [0.3, 0.4) is 0 Å². The van der Waals surface area contributed by atoms with Crippen LogP contribution in [0.4, 0.5) is 0 Å². The Balaban J connectivity index is 0. The predicted octanol–water partition coefficient (Wildman–Crippen LogP) is -1.80. The average molecular weight is 270 g/mol. The number of ether oxygens (including phenoxy) is 1. The Hall–Kier alpha value is -0.690. The second-order valence-corrected chi connectivity index (χ2v) is 4.88. The molecule has 0 heterocycles. The van der Waals surface area contributed by atoms with E-state index in [1.165, 1.54) is 7.11 Å². The number of aliphatic carboxylic acids is 1. The zero-order valence-electron chi connectivity index (χ0n) is 10.6. The second-order valence-electron chi connectivity index (χ2n) is 4.88. The highest BCUT2D eigenvalue weighted by atomic mass is 35.5. The maximum atomic E-state index is 11.6. The number of ketones is 1. The summed E-state index contributed by atoms with van der Waals surface area (Å²) in [5, 5.41) is 20.6. The highest BCUT2D eigenvalue weighted by molar-refractivity contribution is 5.91. The lowest BCUT2D eigenvalue weighted by Crippen LogP contribution is -2.56. The molecular formula is C10H20ClNO5. The van der Waals surface area contributed by atoms with Gasteiger partial charge >= 0.3 is 0 Å². The zero-order valence-corrected chi connectivity index (χ0v) is 11.4. The maximum Gasteiger partial charge on any atom is 0.196 e. The molecular weight excluding hydrogens is 250 g/mol. The third kappa shape index (κ3) is 7.27.